The molecule has 30 heavy (non-hydrogen) atoms. The van der Waals surface area contributed by atoms with Crippen LogP contribution >= 0.6 is 11.8 Å². The van der Waals surface area contributed by atoms with E-state index in [2.05, 4.69) is 15.5 Å². The van der Waals surface area contributed by atoms with E-state index in [-0.39, 0.29) is 24.0 Å². The number of carboxylic acid groups (broad SMARTS) is 1. The van der Waals surface area contributed by atoms with Crippen LogP contribution in [0.3, 0.4) is 0 Å². The van der Waals surface area contributed by atoms with Gasteiger partial charge in [0.1, 0.15) is 17.7 Å². The lowest BCUT2D eigenvalue weighted by Gasteiger charge is -2.11. The van der Waals surface area contributed by atoms with E-state index < -0.39 is 17.1 Å². The van der Waals surface area contributed by atoms with E-state index in [0.717, 1.165) is 17.3 Å². The first-order chi connectivity index (χ1) is 14.4. The summed E-state index contributed by atoms with van der Waals surface area (Å²) in [6, 6.07) is 11.2. The lowest BCUT2D eigenvalue weighted by atomic mass is 10.2. The second-order valence-electron chi connectivity index (χ2n) is 6.17. The summed E-state index contributed by atoms with van der Waals surface area (Å²) in [5.41, 5.74) is 1.50. The van der Waals surface area contributed by atoms with Crippen LogP contribution in [0.4, 0.5) is 4.39 Å². The number of amidine groups is 1. The highest BCUT2D eigenvalue weighted by Gasteiger charge is 2.32. The van der Waals surface area contributed by atoms with E-state index in [9.17, 15) is 14.0 Å². The molecule has 1 heterocycles. The largest absolute Gasteiger partial charge is 0.493 e. The molecule has 1 aliphatic heterocycles. The van der Waals surface area contributed by atoms with Crippen LogP contribution in [0.2, 0.25) is 0 Å². The number of halogens is 1. The maximum Gasteiger partial charge on any atom is 0.305 e. The molecule has 0 aromatic heterocycles. The summed E-state index contributed by atoms with van der Waals surface area (Å²) < 4.78 is 24.0. The predicted octanol–water partition coefficient (Wildman–Crippen LogP) is 2.81. The van der Waals surface area contributed by atoms with Crippen molar-refractivity contribution in [3.8, 4) is 11.5 Å². The molecule has 8 nitrogen and oxygen atoms in total. The topological polar surface area (TPSA) is 110 Å². The molecule has 156 valence electrons. The quantitative estimate of drug-likeness (QED) is 0.491. The van der Waals surface area contributed by atoms with E-state index >= 15 is 0 Å². The molecule has 2 aromatic rings. The van der Waals surface area contributed by atoms with Gasteiger partial charge >= 0.3 is 5.97 Å². The fourth-order valence-electron chi connectivity index (χ4n) is 2.52. The van der Waals surface area contributed by atoms with Crippen molar-refractivity contribution in [3.63, 3.8) is 0 Å². The van der Waals surface area contributed by atoms with Crippen LogP contribution in [0.5, 0.6) is 11.5 Å². The smallest absolute Gasteiger partial charge is 0.305 e. The third-order valence-electron chi connectivity index (χ3n) is 3.99. The van der Waals surface area contributed by atoms with Gasteiger partial charge in [0, 0.05) is 0 Å². The van der Waals surface area contributed by atoms with E-state index in [4.69, 9.17) is 14.6 Å². The average Bonchev–Trinajstić information content (AvgIpc) is 3.06. The van der Waals surface area contributed by atoms with Gasteiger partial charge in [-0.25, -0.2) is 4.39 Å². The van der Waals surface area contributed by atoms with Crippen molar-refractivity contribution in [1.82, 2.24) is 5.32 Å². The summed E-state index contributed by atoms with van der Waals surface area (Å²) in [6.07, 6.45) is 1.19. The van der Waals surface area contributed by atoms with Gasteiger partial charge in [-0.15, -0.1) is 5.10 Å². The third kappa shape index (κ3) is 5.80. The molecule has 1 amide bonds. The molecule has 0 radical (unpaired) electrons. The zero-order chi connectivity index (χ0) is 21.5. The maximum atomic E-state index is 13.0. The number of hydrogen-bond donors (Lipinski definition) is 2. The highest BCUT2D eigenvalue weighted by Crippen LogP contribution is 2.28. The Balaban J connectivity index is 1.62. The molecular formula is C20H18FN3O5S. The summed E-state index contributed by atoms with van der Waals surface area (Å²) in [6.45, 7) is 0.256. The first-order valence-electron chi connectivity index (χ1n) is 8.80. The molecule has 1 atom stereocenters. The molecule has 3 rings (SSSR count). The van der Waals surface area contributed by atoms with E-state index in [1.165, 1.54) is 25.5 Å². The van der Waals surface area contributed by atoms with Crippen LogP contribution < -0.4 is 14.8 Å². The number of nitrogens with zero attached hydrogens (tertiary/aromatic N) is 2. The zero-order valence-corrected chi connectivity index (χ0v) is 16.7. The molecule has 0 spiro atoms. The van der Waals surface area contributed by atoms with Crippen molar-refractivity contribution in [3.05, 3.63) is 59.4 Å². The molecule has 0 saturated carbocycles. The number of nitrogens with one attached hydrogen (secondary N) is 1. The van der Waals surface area contributed by atoms with Gasteiger partial charge in [0.25, 0.3) is 0 Å². The minimum absolute atomic E-state index is 0.244. The number of benzene rings is 2. The number of aliphatic carboxylic acids is 1. The van der Waals surface area contributed by atoms with Crippen LogP contribution in [-0.2, 0) is 16.2 Å². The molecular weight excluding hydrogens is 413 g/mol. The highest BCUT2D eigenvalue weighted by molar-refractivity contribution is 8.15. The molecule has 1 aliphatic rings. The van der Waals surface area contributed by atoms with Crippen molar-refractivity contribution in [1.29, 1.82) is 0 Å². The number of methoxy groups -OCH3 is 1. The van der Waals surface area contributed by atoms with Gasteiger partial charge in [-0.1, -0.05) is 23.9 Å². The van der Waals surface area contributed by atoms with Crippen molar-refractivity contribution in [2.24, 2.45) is 10.2 Å². The van der Waals surface area contributed by atoms with Gasteiger partial charge in [-0.2, -0.15) is 5.10 Å². The van der Waals surface area contributed by atoms with Crippen LogP contribution in [0, 0.1) is 5.82 Å². The maximum absolute atomic E-state index is 13.0. The lowest BCUT2D eigenvalue weighted by molar-refractivity contribution is -0.138. The Morgan fingerprint density at radius 1 is 1.27 bits per heavy atom. The second kappa shape index (κ2) is 9.88. The molecule has 1 fully saturated rings. The Kier molecular flexibility index (Phi) is 7.02. The van der Waals surface area contributed by atoms with Crippen molar-refractivity contribution >= 4 is 35.0 Å². The van der Waals surface area contributed by atoms with Crippen molar-refractivity contribution < 1.29 is 28.6 Å². The minimum atomic E-state index is -1.05. The van der Waals surface area contributed by atoms with Crippen LogP contribution in [0.25, 0.3) is 0 Å². The number of carboxylic acids is 1. The molecule has 10 heteroatoms. The minimum Gasteiger partial charge on any atom is -0.493 e. The summed E-state index contributed by atoms with van der Waals surface area (Å²) >= 11 is 1.02. The first kappa shape index (κ1) is 21.3. The Hall–Kier alpha value is -3.40. The monoisotopic (exact) mass is 431 g/mol. The van der Waals surface area contributed by atoms with Gasteiger partial charge < -0.3 is 19.9 Å². The number of thioether (sulfide) groups is 1. The van der Waals surface area contributed by atoms with Crippen molar-refractivity contribution in [2.75, 3.05) is 7.11 Å². The number of amides is 1. The second-order valence-corrected chi connectivity index (χ2v) is 7.36. The number of carbonyl (C=O) groups is 2. The van der Waals surface area contributed by atoms with E-state index in [0.29, 0.717) is 17.1 Å². The fraction of sp³-hybridized carbons (Fsp3) is 0.200. The SMILES string of the molecule is COc1cc(/C=N/N=C2/NC(=O)C(CC(=O)O)S2)ccc1OCc1ccc(F)cc1. The normalized spacial score (nSPS) is 17.3. The molecule has 1 saturated heterocycles. The molecule has 2 aromatic carbocycles. The average molecular weight is 431 g/mol. The van der Waals surface area contributed by atoms with Crippen molar-refractivity contribution in [2.45, 2.75) is 18.3 Å². The molecule has 0 bridgehead atoms. The summed E-state index contributed by atoms with van der Waals surface area (Å²) in [5.74, 6) is -0.766. The highest BCUT2D eigenvalue weighted by atomic mass is 32.2. The Labute approximate surface area is 175 Å². The lowest BCUT2D eigenvalue weighted by Crippen LogP contribution is -2.26. The number of hydrogen-bond acceptors (Lipinski definition) is 7. The standard InChI is InChI=1S/C20H18FN3O5S/c1-28-16-8-13(4-7-15(16)29-11-12-2-5-14(21)6-3-12)10-22-24-20-23-19(27)17(30-20)9-18(25)26/h2-8,10,17H,9,11H2,1H3,(H,25,26)(H,23,24,27)/b22-10+. The van der Waals surface area contributed by atoms with E-state index in [1.54, 1.807) is 30.3 Å². The molecule has 0 aliphatic carbocycles. The summed E-state index contributed by atoms with van der Waals surface area (Å²) in [7, 11) is 1.51. The van der Waals surface area contributed by atoms with Crippen LogP contribution in [0.1, 0.15) is 17.5 Å². The summed E-state index contributed by atoms with van der Waals surface area (Å²) in [4.78, 5) is 22.4. The van der Waals surface area contributed by atoms with E-state index in [1.807, 2.05) is 0 Å². The van der Waals surface area contributed by atoms with Crippen LogP contribution in [-0.4, -0.2) is 40.7 Å². The Morgan fingerprint density at radius 3 is 2.73 bits per heavy atom. The fourth-order valence-corrected chi connectivity index (χ4v) is 3.43. The number of ether oxygens (including phenoxy) is 2. The Bertz CT molecular complexity index is 994. The van der Waals surface area contributed by atoms with Gasteiger partial charge in [0.2, 0.25) is 5.91 Å². The molecule has 2 N–H and O–H groups in total. The number of rotatable bonds is 8. The number of carbonyl (C=O) groups excluding carboxylic acids is 1. The van der Waals surface area contributed by atoms with Gasteiger partial charge in [0.05, 0.1) is 19.7 Å². The van der Waals surface area contributed by atoms with Gasteiger partial charge in [-0.05, 0) is 41.5 Å². The third-order valence-corrected chi connectivity index (χ3v) is 5.06. The van der Waals surface area contributed by atoms with Gasteiger partial charge in [-0.3, -0.25) is 9.59 Å². The Morgan fingerprint density at radius 2 is 2.03 bits per heavy atom. The summed E-state index contributed by atoms with van der Waals surface area (Å²) in [5, 5.41) is 18.6. The first-order valence-corrected chi connectivity index (χ1v) is 9.68. The zero-order valence-electron chi connectivity index (χ0n) is 15.9. The van der Waals surface area contributed by atoms with Gasteiger partial charge in [0.15, 0.2) is 16.7 Å². The molecule has 1 unspecified atom stereocenters. The van der Waals surface area contributed by atoms with Crippen LogP contribution in [0.15, 0.2) is 52.7 Å². The predicted molar refractivity (Wildman–Crippen MR) is 111 cm³/mol.